The molecule has 2 aromatic rings. The van der Waals surface area contributed by atoms with Gasteiger partial charge in [-0.05, 0) is 49.4 Å². The monoisotopic (exact) mass is 341 g/mol. The SMILES string of the molecule is CC(=O)c1ccc(NC(=O)N2CCN(c3cccc(F)c3)CC2)cc1. The highest BCUT2D eigenvalue weighted by molar-refractivity contribution is 5.95. The largest absolute Gasteiger partial charge is 0.368 e. The van der Waals surface area contributed by atoms with Crippen molar-refractivity contribution in [3.05, 3.63) is 59.9 Å². The fourth-order valence-corrected chi connectivity index (χ4v) is 2.83. The maximum absolute atomic E-state index is 13.3. The van der Waals surface area contributed by atoms with Gasteiger partial charge in [0.05, 0.1) is 0 Å². The number of anilines is 2. The van der Waals surface area contributed by atoms with E-state index in [4.69, 9.17) is 0 Å². The molecule has 0 spiro atoms. The third kappa shape index (κ3) is 4.15. The van der Waals surface area contributed by atoms with Crippen LogP contribution in [0.15, 0.2) is 48.5 Å². The molecule has 130 valence electrons. The van der Waals surface area contributed by atoms with Gasteiger partial charge in [-0.1, -0.05) is 6.07 Å². The maximum Gasteiger partial charge on any atom is 0.321 e. The van der Waals surface area contributed by atoms with Crippen molar-refractivity contribution < 1.29 is 14.0 Å². The highest BCUT2D eigenvalue weighted by Crippen LogP contribution is 2.18. The number of nitrogens with one attached hydrogen (secondary N) is 1. The molecule has 1 aliphatic rings. The Labute approximate surface area is 146 Å². The number of urea groups is 1. The van der Waals surface area contributed by atoms with Gasteiger partial charge in [0.15, 0.2) is 5.78 Å². The Hall–Kier alpha value is -2.89. The van der Waals surface area contributed by atoms with Crippen molar-refractivity contribution in [3.8, 4) is 0 Å². The Balaban J connectivity index is 1.55. The molecule has 1 N–H and O–H groups in total. The van der Waals surface area contributed by atoms with Crippen LogP contribution in [0.3, 0.4) is 0 Å². The Kier molecular flexibility index (Phi) is 4.97. The van der Waals surface area contributed by atoms with Gasteiger partial charge in [-0.25, -0.2) is 9.18 Å². The van der Waals surface area contributed by atoms with Gasteiger partial charge in [0, 0.05) is 43.1 Å². The van der Waals surface area contributed by atoms with Crippen LogP contribution < -0.4 is 10.2 Å². The molecule has 0 bridgehead atoms. The molecule has 2 amide bonds. The zero-order valence-electron chi connectivity index (χ0n) is 14.0. The number of nitrogens with zero attached hydrogens (tertiary/aromatic N) is 2. The summed E-state index contributed by atoms with van der Waals surface area (Å²) in [5.41, 5.74) is 2.10. The zero-order chi connectivity index (χ0) is 17.8. The number of ketones is 1. The molecule has 0 aliphatic carbocycles. The van der Waals surface area contributed by atoms with Crippen LogP contribution in [0.5, 0.6) is 0 Å². The predicted octanol–water partition coefficient (Wildman–Crippen LogP) is 3.38. The molecule has 0 unspecified atom stereocenters. The van der Waals surface area contributed by atoms with E-state index in [1.165, 1.54) is 19.1 Å². The molecule has 2 aromatic carbocycles. The summed E-state index contributed by atoms with van der Waals surface area (Å²) < 4.78 is 13.3. The Morgan fingerprint density at radius 1 is 1.00 bits per heavy atom. The molecule has 0 atom stereocenters. The predicted molar refractivity (Wildman–Crippen MR) is 95.7 cm³/mol. The third-order valence-electron chi connectivity index (χ3n) is 4.28. The first kappa shape index (κ1) is 17.0. The lowest BCUT2D eigenvalue weighted by Gasteiger charge is -2.36. The number of piperazine rings is 1. The number of Topliss-reactive ketones (excluding diaryl/α,β-unsaturated/α-hetero) is 1. The van der Waals surface area contributed by atoms with Crippen molar-refractivity contribution in [2.45, 2.75) is 6.92 Å². The van der Waals surface area contributed by atoms with E-state index in [-0.39, 0.29) is 17.6 Å². The average molecular weight is 341 g/mol. The molecule has 0 saturated carbocycles. The topological polar surface area (TPSA) is 52.7 Å². The van der Waals surface area contributed by atoms with E-state index in [2.05, 4.69) is 10.2 Å². The maximum atomic E-state index is 13.3. The van der Waals surface area contributed by atoms with Gasteiger partial charge >= 0.3 is 6.03 Å². The molecular formula is C19H20FN3O2. The van der Waals surface area contributed by atoms with E-state index < -0.39 is 0 Å². The zero-order valence-corrected chi connectivity index (χ0v) is 14.0. The molecule has 1 saturated heterocycles. The number of amides is 2. The van der Waals surface area contributed by atoms with Crippen LogP contribution >= 0.6 is 0 Å². The number of carbonyl (C=O) groups excluding carboxylic acids is 2. The second kappa shape index (κ2) is 7.34. The molecule has 3 rings (SSSR count). The van der Waals surface area contributed by atoms with Crippen molar-refractivity contribution in [1.82, 2.24) is 4.90 Å². The molecule has 1 fully saturated rings. The molecule has 1 heterocycles. The molecule has 25 heavy (non-hydrogen) atoms. The smallest absolute Gasteiger partial charge is 0.321 e. The van der Waals surface area contributed by atoms with Crippen LogP contribution in [-0.4, -0.2) is 42.9 Å². The van der Waals surface area contributed by atoms with Crippen LogP contribution in [0.2, 0.25) is 0 Å². The van der Waals surface area contributed by atoms with Crippen LogP contribution in [0.25, 0.3) is 0 Å². The lowest BCUT2D eigenvalue weighted by molar-refractivity contribution is 0.101. The van der Waals surface area contributed by atoms with E-state index >= 15 is 0 Å². The van der Waals surface area contributed by atoms with Crippen LogP contribution in [0.4, 0.5) is 20.6 Å². The minimum absolute atomic E-state index is 0.00801. The van der Waals surface area contributed by atoms with E-state index in [1.807, 2.05) is 6.07 Å². The molecule has 5 nitrogen and oxygen atoms in total. The minimum atomic E-state index is -0.258. The highest BCUT2D eigenvalue weighted by Gasteiger charge is 2.21. The summed E-state index contributed by atoms with van der Waals surface area (Å²) in [4.78, 5) is 27.4. The Morgan fingerprint density at radius 2 is 1.68 bits per heavy atom. The van der Waals surface area contributed by atoms with Crippen molar-refractivity contribution >= 4 is 23.2 Å². The van der Waals surface area contributed by atoms with Gasteiger partial charge in [0.2, 0.25) is 0 Å². The highest BCUT2D eigenvalue weighted by atomic mass is 19.1. The van der Waals surface area contributed by atoms with Crippen LogP contribution in [0, 0.1) is 5.82 Å². The van der Waals surface area contributed by atoms with Gasteiger partial charge in [0.25, 0.3) is 0 Å². The normalized spacial score (nSPS) is 14.3. The van der Waals surface area contributed by atoms with Crippen molar-refractivity contribution in [1.29, 1.82) is 0 Å². The number of rotatable bonds is 3. The van der Waals surface area contributed by atoms with E-state index in [0.29, 0.717) is 37.4 Å². The fraction of sp³-hybridized carbons (Fsp3) is 0.263. The minimum Gasteiger partial charge on any atom is -0.368 e. The first-order chi connectivity index (χ1) is 12.0. The number of hydrogen-bond donors (Lipinski definition) is 1. The van der Waals surface area contributed by atoms with Gasteiger partial charge in [-0.15, -0.1) is 0 Å². The van der Waals surface area contributed by atoms with Crippen molar-refractivity contribution in [2.24, 2.45) is 0 Å². The molecule has 0 radical (unpaired) electrons. The first-order valence-corrected chi connectivity index (χ1v) is 8.20. The molecule has 6 heteroatoms. The van der Waals surface area contributed by atoms with Gasteiger partial charge in [-0.2, -0.15) is 0 Å². The summed E-state index contributed by atoms with van der Waals surface area (Å²) in [6.45, 7) is 3.94. The number of benzene rings is 2. The third-order valence-corrected chi connectivity index (χ3v) is 4.28. The van der Waals surface area contributed by atoms with Crippen molar-refractivity contribution in [3.63, 3.8) is 0 Å². The van der Waals surface area contributed by atoms with Gasteiger partial charge < -0.3 is 15.1 Å². The first-order valence-electron chi connectivity index (χ1n) is 8.20. The van der Waals surface area contributed by atoms with Crippen LogP contribution in [0.1, 0.15) is 17.3 Å². The average Bonchev–Trinajstić information content (AvgIpc) is 2.62. The molecular weight excluding hydrogens is 321 g/mol. The van der Waals surface area contributed by atoms with Gasteiger partial charge in [-0.3, -0.25) is 4.79 Å². The van der Waals surface area contributed by atoms with E-state index in [9.17, 15) is 14.0 Å². The summed E-state index contributed by atoms with van der Waals surface area (Å²) >= 11 is 0. The van der Waals surface area contributed by atoms with E-state index in [0.717, 1.165) is 5.69 Å². The quantitative estimate of drug-likeness (QED) is 0.871. The summed E-state index contributed by atoms with van der Waals surface area (Å²) in [6, 6.07) is 13.1. The standard InChI is InChI=1S/C19H20FN3O2/c1-14(24)15-5-7-17(8-6-15)21-19(25)23-11-9-22(10-12-23)18-4-2-3-16(20)13-18/h2-8,13H,9-12H2,1H3,(H,21,25). The molecule has 1 aliphatic heterocycles. The second-order valence-corrected chi connectivity index (χ2v) is 6.02. The Bertz CT molecular complexity index is 768. The molecule has 0 aromatic heterocycles. The second-order valence-electron chi connectivity index (χ2n) is 6.02. The Morgan fingerprint density at radius 3 is 2.28 bits per heavy atom. The summed E-state index contributed by atoms with van der Waals surface area (Å²) in [5.74, 6) is -0.266. The fourth-order valence-electron chi connectivity index (χ4n) is 2.83. The number of hydrogen-bond acceptors (Lipinski definition) is 3. The lowest BCUT2D eigenvalue weighted by Crippen LogP contribution is -2.50. The van der Waals surface area contributed by atoms with Crippen molar-refractivity contribution in [2.75, 3.05) is 36.4 Å². The summed E-state index contributed by atoms with van der Waals surface area (Å²) in [7, 11) is 0. The number of carbonyl (C=O) groups is 2. The number of halogens is 1. The summed E-state index contributed by atoms with van der Waals surface area (Å²) in [6.07, 6.45) is 0. The van der Waals surface area contributed by atoms with Crippen LogP contribution in [-0.2, 0) is 0 Å². The summed E-state index contributed by atoms with van der Waals surface area (Å²) in [5, 5.41) is 2.84. The van der Waals surface area contributed by atoms with E-state index in [1.54, 1.807) is 35.2 Å². The van der Waals surface area contributed by atoms with Gasteiger partial charge in [0.1, 0.15) is 5.82 Å². The lowest BCUT2D eigenvalue weighted by atomic mass is 10.1.